The second-order valence-corrected chi connectivity index (χ2v) is 11.8. The van der Waals surface area contributed by atoms with E-state index in [1.165, 1.54) is 24.8 Å². The molecule has 5 amide bonds. The average Bonchev–Trinajstić information content (AvgIpc) is 3.53. The third-order valence-electron chi connectivity index (χ3n) is 8.04. The van der Waals surface area contributed by atoms with Gasteiger partial charge in [0.05, 0.1) is 6.42 Å². The molecule has 5 N–H and O–H groups in total. The lowest BCUT2D eigenvalue weighted by Crippen LogP contribution is -2.56. The summed E-state index contributed by atoms with van der Waals surface area (Å²) < 4.78 is 5.35. The molecule has 4 atom stereocenters. The number of aryl methyl sites for hydroxylation is 1. The summed E-state index contributed by atoms with van der Waals surface area (Å²) in [4.78, 5) is 88.8. The van der Waals surface area contributed by atoms with Crippen LogP contribution >= 0.6 is 0 Å². The molecule has 0 aliphatic carbocycles. The smallest absolute Gasteiger partial charge is 0.336 e. The molecule has 1 aliphatic heterocycles. The Kier molecular flexibility index (Phi) is 11.7. The van der Waals surface area contributed by atoms with Crippen LogP contribution in [0.15, 0.2) is 63.8 Å². The molecular weight excluding hydrogens is 622 g/mol. The van der Waals surface area contributed by atoms with Crippen LogP contribution in [0.5, 0.6) is 0 Å². The van der Waals surface area contributed by atoms with Crippen LogP contribution in [0.2, 0.25) is 0 Å². The number of carboxylic acid groups (broad SMARTS) is 1. The van der Waals surface area contributed by atoms with Crippen molar-refractivity contribution in [1.82, 2.24) is 20.9 Å². The normalized spacial score (nSPS) is 16.0. The SMILES string of the molecule is Cc1cc(=O)oc2cc(N[C@@H](Cc3ccccc3)C(=O)NC(=O)[C@@H]3CCCN3C(=O)[C@H](C)NC(=O)[C@H](C)NC(=O)CCC(=O)O)ccc12. The summed E-state index contributed by atoms with van der Waals surface area (Å²) in [5.41, 5.74) is 1.91. The number of hydrogen-bond donors (Lipinski definition) is 5. The maximum Gasteiger partial charge on any atom is 0.336 e. The number of anilines is 1. The van der Waals surface area contributed by atoms with Crippen molar-refractivity contribution in [3.8, 4) is 0 Å². The van der Waals surface area contributed by atoms with Gasteiger partial charge in [0.2, 0.25) is 29.5 Å². The number of fused-ring (bicyclic) bond motifs is 1. The van der Waals surface area contributed by atoms with E-state index in [2.05, 4.69) is 21.3 Å². The van der Waals surface area contributed by atoms with E-state index in [0.29, 0.717) is 24.1 Å². The van der Waals surface area contributed by atoms with Crippen molar-refractivity contribution in [2.75, 3.05) is 11.9 Å². The molecule has 1 aromatic heterocycles. The highest BCUT2D eigenvalue weighted by Gasteiger charge is 2.38. The Morgan fingerprint density at radius 1 is 0.938 bits per heavy atom. The number of rotatable bonds is 13. The Bertz CT molecular complexity index is 1760. The molecule has 14 nitrogen and oxygen atoms in total. The molecule has 14 heteroatoms. The number of carbonyl (C=O) groups is 6. The second-order valence-electron chi connectivity index (χ2n) is 11.8. The zero-order chi connectivity index (χ0) is 35.0. The Balaban J connectivity index is 1.42. The third kappa shape index (κ3) is 9.27. The first-order chi connectivity index (χ1) is 22.8. The van der Waals surface area contributed by atoms with Crippen LogP contribution in [0.3, 0.4) is 0 Å². The topological polar surface area (TPSA) is 204 Å². The largest absolute Gasteiger partial charge is 0.481 e. The van der Waals surface area contributed by atoms with Gasteiger partial charge in [-0.3, -0.25) is 34.1 Å². The summed E-state index contributed by atoms with van der Waals surface area (Å²) in [7, 11) is 0. The molecule has 1 fully saturated rings. The summed E-state index contributed by atoms with van der Waals surface area (Å²) in [6.07, 6.45) is 0.342. The maximum atomic E-state index is 13.6. The number of benzene rings is 2. The van der Waals surface area contributed by atoms with Crippen molar-refractivity contribution in [2.24, 2.45) is 0 Å². The summed E-state index contributed by atoms with van der Waals surface area (Å²) in [6.45, 7) is 4.88. The van der Waals surface area contributed by atoms with E-state index in [1.54, 1.807) is 25.1 Å². The number of imide groups is 1. The number of amides is 5. The van der Waals surface area contributed by atoms with Crippen molar-refractivity contribution in [1.29, 1.82) is 0 Å². The van der Waals surface area contributed by atoms with E-state index < -0.39 is 65.3 Å². The van der Waals surface area contributed by atoms with Gasteiger partial charge in [0, 0.05) is 42.6 Å². The van der Waals surface area contributed by atoms with Crippen molar-refractivity contribution in [2.45, 2.75) is 77.0 Å². The molecule has 0 saturated carbocycles. The molecule has 2 aromatic carbocycles. The highest BCUT2D eigenvalue weighted by Crippen LogP contribution is 2.23. The molecule has 4 rings (SSSR count). The lowest BCUT2D eigenvalue weighted by molar-refractivity contribution is -0.143. The predicted molar refractivity (Wildman–Crippen MR) is 175 cm³/mol. The molecule has 3 aromatic rings. The van der Waals surface area contributed by atoms with Crippen LogP contribution in [0.25, 0.3) is 11.0 Å². The molecule has 1 aliphatic rings. The van der Waals surface area contributed by atoms with Crippen LogP contribution in [0.4, 0.5) is 5.69 Å². The lowest BCUT2D eigenvalue weighted by Gasteiger charge is -2.28. The van der Waals surface area contributed by atoms with Gasteiger partial charge in [-0.05, 0) is 56.9 Å². The van der Waals surface area contributed by atoms with Crippen LogP contribution in [0, 0.1) is 6.92 Å². The van der Waals surface area contributed by atoms with E-state index in [0.717, 1.165) is 16.5 Å². The first-order valence-electron chi connectivity index (χ1n) is 15.6. The number of carbonyl (C=O) groups excluding carboxylic acids is 5. The fourth-order valence-electron chi connectivity index (χ4n) is 5.52. The predicted octanol–water partition coefficient (Wildman–Crippen LogP) is 1.63. The standard InChI is InChI=1S/C34H39N5O9/c1-19-16-30(43)48-27-18-23(11-12-24(19)27)37-25(17-22-8-5-4-6-9-22)32(45)38-33(46)26-10-7-15-39(26)34(47)21(3)36-31(44)20(2)35-28(40)13-14-29(41)42/h4-6,8-9,11-12,16,18,20-21,25-26,37H,7,10,13-15,17H2,1-3H3,(H,35,40)(H,36,44)(H,41,42)(H,38,45,46)/t20-,21-,25-,26-/m0/s1. The summed E-state index contributed by atoms with van der Waals surface area (Å²) in [6, 6.07) is 11.8. The zero-order valence-electron chi connectivity index (χ0n) is 26.9. The summed E-state index contributed by atoms with van der Waals surface area (Å²) in [5, 5.41) is 20.0. The molecule has 0 unspecified atom stereocenters. The van der Waals surface area contributed by atoms with Gasteiger partial charge < -0.3 is 30.4 Å². The summed E-state index contributed by atoms with van der Waals surface area (Å²) in [5.74, 6) is -4.25. The van der Waals surface area contributed by atoms with Crippen molar-refractivity contribution in [3.05, 3.63) is 76.1 Å². The molecule has 0 bridgehead atoms. The van der Waals surface area contributed by atoms with Crippen LogP contribution in [-0.4, -0.2) is 76.2 Å². The Morgan fingerprint density at radius 3 is 2.38 bits per heavy atom. The zero-order valence-corrected chi connectivity index (χ0v) is 26.9. The summed E-state index contributed by atoms with van der Waals surface area (Å²) >= 11 is 0. The van der Waals surface area contributed by atoms with Gasteiger partial charge >= 0.3 is 11.6 Å². The highest BCUT2D eigenvalue weighted by atomic mass is 16.4. The first-order valence-corrected chi connectivity index (χ1v) is 15.6. The minimum absolute atomic E-state index is 0.219. The lowest BCUT2D eigenvalue weighted by atomic mass is 10.0. The number of nitrogens with one attached hydrogen (secondary N) is 4. The van der Waals surface area contributed by atoms with E-state index in [4.69, 9.17) is 9.52 Å². The van der Waals surface area contributed by atoms with Gasteiger partial charge in [0.1, 0.15) is 29.8 Å². The molecule has 254 valence electrons. The Hall–Kier alpha value is -5.53. The molecule has 48 heavy (non-hydrogen) atoms. The number of aliphatic carboxylic acids is 1. The Labute approximate surface area is 276 Å². The third-order valence-corrected chi connectivity index (χ3v) is 8.04. The quantitative estimate of drug-likeness (QED) is 0.168. The minimum atomic E-state index is -1.15. The van der Waals surface area contributed by atoms with E-state index in [1.807, 2.05) is 30.3 Å². The fraction of sp³-hybridized carbons (Fsp3) is 0.382. The minimum Gasteiger partial charge on any atom is -0.481 e. The van der Waals surface area contributed by atoms with E-state index in [-0.39, 0.29) is 25.8 Å². The van der Waals surface area contributed by atoms with Crippen LogP contribution in [0.1, 0.15) is 50.7 Å². The fourth-order valence-corrected chi connectivity index (χ4v) is 5.52. The molecular formula is C34H39N5O9. The van der Waals surface area contributed by atoms with Gasteiger partial charge in [-0.25, -0.2) is 4.79 Å². The average molecular weight is 662 g/mol. The number of likely N-dealkylation sites (tertiary alicyclic amines) is 1. The van der Waals surface area contributed by atoms with Crippen molar-refractivity contribution >= 4 is 52.2 Å². The molecule has 1 saturated heterocycles. The van der Waals surface area contributed by atoms with Gasteiger partial charge in [0.25, 0.3) is 0 Å². The van der Waals surface area contributed by atoms with Gasteiger partial charge in [0.15, 0.2) is 0 Å². The monoisotopic (exact) mass is 661 g/mol. The van der Waals surface area contributed by atoms with Gasteiger partial charge in [-0.2, -0.15) is 0 Å². The van der Waals surface area contributed by atoms with Crippen molar-refractivity contribution in [3.63, 3.8) is 0 Å². The van der Waals surface area contributed by atoms with Crippen LogP contribution in [-0.2, 0) is 35.2 Å². The van der Waals surface area contributed by atoms with Crippen LogP contribution < -0.4 is 26.9 Å². The number of hydrogen-bond acceptors (Lipinski definition) is 9. The van der Waals surface area contributed by atoms with E-state index in [9.17, 15) is 33.6 Å². The molecule has 2 heterocycles. The Morgan fingerprint density at radius 2 is 1.67 bits per heavy atom. The number of nitrogens with zero attached hydrogens (tertiary/aromatic N) is 1. The second kappa shape index (κ2) is 15.8. The number of carboxylic acids is 1. The molecule has 0 radical (unpaired) electrons. The van der Waals surface area contributed by atoms with Gasteiger partial charge in [-0.15, -0.1) is 0 Å². The highest BCUT2D eigenvalue weighted by molar-refractivity contribution is 6.03. The first kappa shape index (κ1) is 35.3. The van der Waals surface area contributed by atoms with Gasteiger partial charge in [-0.1, -0.05) is 30.3 Å². The maximum absolute atomic E-state index is 13.6. The molecule has 0 spiro atoms. The van der Waals surface area contributed by atoms with E-state index >= 15 is 0 Å². The van der Waals surface area contributed by atoms with Crippen molar-refractivity contribution < 1.29 is 38.3 Å².